The van der Waals surface area contributed by atoms with E-state index in [0.29, 0.717) is 37.6 Å². The average molecular weight is 300 g/mol. The van der Waals surface area contributed by atoms with Gasteiger partial charge in [0.05, 0.1) is 18.8 Å². The van der Waals surface area contributed by atoms with Crippen molar-refractivity contribution in [2.24, 2.45) is 0 Å². The second-order valence-corrected chi connectivity index (χ2v) is 4.74. The highest BCUT2D eigenvalue weighted by Gasteiger charge is 2.08. The van der Waals surface area contributed by atoms with Gasteiger partial charge in [0.2, 0.25) is 0 Å². The first-order valence-corrected chi connectivity index (χ1v) is 7.22. The number of hydrogen-bond acceptors (Lipinski definition) is 4. The van der Waals surface area contributed by atoms with Crippen LogP contribution >= 0.6 is 0 Å². The van der Waals surface area contributed by atoms with Gasteiger partial charge in [-0.15, -0.1) is 0 Å². The van der Waals surface area contributed by atoms with Crippen molar-refractivity contribution in [3.8, 4) is 5.75 Å². The summed E-state index contributed by atoms with van der Waals surface area (Å²) in [7, 11) is 1.61. The first-order valence-electron chi connectivity index (χ1n) is 7.22. The molecule has 0 fully saturated rings. The summed E-state index contributed by atoms with van der Waals surface area (Å²) in [5.41, 5.74) is 1.63. The summed E-state index contributed by atoms with van der Waals surface area (Å²) < 4.78 is 15.7. The molecule has 0 spiro atoms. The molecule has 0 aliphatic heterocycles. The Kier molecular flexibility index (Phi) is 6.45. The molecule has 0 saturated carbocycles. The predicted octanol–water partition coefficient (Wildman–Crippen LogP) is 3.11. The molecule has 4 heteroatoms. The van der Waals surface area contributed by atoms with E-state index >= 15 is 0 Å². The Morgan fingerprint density at radius 1 is 0.955 bits per heavy atom. The van der Waals surface area contributed by atoms with Crippen LogP contribution in [0.15, 0.2) is 54.6 Å². The van der Waals surface area contributed by atoms with Crippen LogP contribution in [0, 0.1) is 0 Å². The van der Waals surface area contributed by atoms with Gasteiger partial charge in [-0.2, -0.15) is 0 Å². The number of hydrogen-bond donors (Lipinski definition) is 0. The highest BCUT2D eigenvalue weighted by molar-refractivity contribution is 5.89. The van der Waals surface area contributed by atoms with E-state index < -0.39 is 0 Å². The third-order valence-electron chi connectivity index (χ3n) is 3.09. The number of benzene rings is 2. The molecule has 0 atom stereocenters. The topological polar surface area (TPSA) is 44.8 Å². The lowest BCUT2D eigenvalue weighted by molar-refractivity contribution is 0.0508. The van der Waals surface area contributed by atoms with Crippen LogP contribution < -0.4 is 4.74 Å². The van der Waals surface area contributed by atoms with Crippen molar-refractivity contribution in [1.82, 2.24) is 0 Å². The van der Waals surface area contributed by atoms with Gasteiger partial charge in [0, 0.05) is 13.5 Å². The maximum Gasteiger partial charge on any atom is 0.338 e. The maximum atomic E-state index is 12.0. The highest BCUT2D eigenvalue weighted by atomic mass is 16.5. The molecular weight excluding hydrogens is 280 g/mol. The van der Waals surface area contributed by atoms with Crippen LogP contribution in [0.3, 0.4) is 0 Å². The fourth-order valence-electron chi connectivity index (χ4n) is 1.95. The summed E-state index contributed by atoms with van der Waals surface area (Å²) in [5.74, 6) is 0.294. The average Bonchev–Trinajstić information content (AvgIpc) is 2.56. The van der Waals surface area contributed by atoms with Crippen LogP contribution in [0.2, 0.25) is 0 Å². The smallest absolute Gasteiger partial charge is 0.338 e. The standard InChI is InChI=1S/C18H20O4/c1-20-12-13-21-17-9-5-8-16(14-17)18(19)22-11-10-15-6-3-2-4-7-15/h2-9,14H,10-13H2,1H3. The second-order valence-electron chi connectivity index (χ2n) is 4.74. The number of carbonyl (C=O) groups is 1. The van der Waals surface area contributed by atoms with Crippen molar-refractivity contribution in [1.29, 1.82) is 0 Å². The number of methoxy groups -OCH3 is 1. The van der Waals surface area contributed by atoms with Gasteiger partial charge in [0.25, 0.3) is 0 Å². The van der Waals surface area contributed by atoms with Gasteiger partial charge in [-0.05, 0) is 23.8 Å². The minimum absolute atomic E-state index is 0.340. The zero-order chi connectivity index (χ0) is 15.6. The molecule has 0 heterocycles. The third kappa shape index (κ3) is 5.22. The predicted molar refractivity (Wildman–Crippen MR) is 84.2 cm³/mol. The van der Waals surface area contributed by atoms with Gasteiger partial charge in [0.15, 0.2) is 0 Å². The SMILES string of the molecule is COCCOc1cccc(C(=O)OCCc2ccccc2)c1. The van der Waals surface area contributed by atoms with Crippen LogP contribution in [0.1, 0.15) is 15.9 Å². The molecule has 0 aliphatic rings. The van der Waals surface area contributed by atoms with Gasteiger partial charge < -0.3 is 14.2 Å². The first-order chi connectivity index (χ1) is 10.8. The Bertz CT molecular complexity index is 581. The van der Waals surface area contributed by atoms with Gasteiger partial charge in [-0.3, -0.25) is 0 Å². The van der Waals surface area contributed by atoms with Crippen LogP contribution in [0.4, 0.5) is 0 Å². The molecule has 0 aliphatic carbocycles. The van der Waals surface area contributed by atoms with Gasteiger partial charge in [-0.1, -0.05) is 36.4 Å². The van der Waals surface area contributed by atoms with E-state index in [0.717, 1.165) is 5.56 Å². The summed E-state index contributed by atoms with van der Waals surface area (Å²) in [5, 5.41) is 0. The molecule has 0 bridgehead atoms. The Morgan fingerprint density at radius 2 is 1.77 bits per heavy atom. The van der Waals surface area contributed by atoms with Crippen LogP contribution in [0.5, 0.6) is 5.75 Å². The van der Waals surface area contributed by atoms with Crippen molar-refractivity contribution in [2.45, 2.75) is 6.42 Å². The summed E-state index contributed by atoms with van der Waals surface area (Å²) in [6, 6.07) is 16.9. The van der Waals surface area contributed by atoms with Crippen molar-refractivity contribution >= 4 is 5.97 Å². The lowest BCUT2D eigenvalue weighted by Gasteiger charge is -2.08. The summed E-state index contributed by atoms with van der Waals surface area (Å²) in [6.07, 6.45) is 0.705. The van der Waals surface area contributed by atoms with Crippen molar-refractivity contribution in [3.05, 3.63) is 65.7 Å². The molecule has 0 unspecified atom stereocenters. The van der Waals surface area contributed by atoms with Gasteiger partial charge in [0.1, 0.15) is 12.4 Å². The summed E-state index contributed by atoms with van der Waals surface area (Å²) in [6.45, 7) is 1.31. The number of ether oxygens (including phenoxy) is 3. The zero-order valence-electron chi connectivity index (χ0n) is 12.7. The molecule has 0 aromatic heterocycles. The molecule has 0 amide bonds. The fraction of sp³-hybridized carbons (Fsp3) is 0.278. The Hall–Kier alpha value is -2.33. The molecular formula is C18H20O4. The van der Waals surface area contributed by atoms with E-state index in [9.17, 15) is 4.79 Å². The van der Waals surface area contributed by atoms with Crippen LogP contribution in [0.25, 0.3) is 0 Å². The first kappa shape index (κ1) is 16.0. The lowest BCUT2D eigenvalue weighted by atomic mass is 10.2. The molecule has 2 aromatic rings. The minimum Gasteiger partial charge on any atom is -0.491 e. The summed E-state index contributed by atoms with van der Waals surface area (Å²) >= 11 is 0. The van der Waals surface area contributed by atoms with E-state index in [1.54, 1.807) is 31.4 Å². The maximum absolute atomic E-state index is 12.0. The lowest BCUT2D eigenvalue weighted by Crippen LogP contribution is -2.09. The molecule has 116 valence electrons. The van der Waals surface area contributed by atoms with E-state index in [4.69, 9.17) is 14.2 Å². The van der Waals surface area contributed by atoms with Crippen molar-refractivity contribution in [3.63, 3.8) is 0 Å². The number of esters is 1. The Labute approximate surface area is 130 Å². The van der Waals surface area contributed by atoms with Gasteiger partial charge in [-0.25, -0.2) is 4.79 Å². The zero-order valence-corrected chi connectivity index (χ0v) is 12.7. The van der Waals surface area contributed by atoms with Crippen molar-refractivity contribution in [2.75, 3.05) is 26.9 Å². The van der Waals surface area contributed by atoms with E-state index in [1.165, 1.54) is 0 Å². The van der Waals surface area contributed by atoms with Crippen LogP contribution in [-0.2, 0) is 15.9 Å². The quantitative estimate of drug-likeness (QED) is 0.555. The molecule has 22 heavy (non-hydrogen) atoms. The van der Waals surface area contributed by atoms with E-state index in [2.05, 4.69) is 0 Å². The molecule has 0 saturated heterocycles. The Balaban J connectivity index is 1.82. The van der Waals surface area contributed by atoms with E-state index in [-0.39, 0.29) is 5.97 Å². The minimum atomic E-state index is -0.340. The largest absolute Gasteiger partial charge is 0.491 e. The fourth-order valence-corrected chi connectivity index (χ4v) is 1.95. The normalized spacial score (nSPS) is 10.2. The molecule has 2 aromatic carbocycles. The van der Waals surface area contributed by atoms with Crippen LogP contribution in [-0.4, -0.2) is 32.9 Å². The van der Waals surface area contributed by atoms with Crippen molar-refractivity contribution < 1.29 is 19.0 Å². The molecule has 0 radical (unpaired) electrons. The Morgan fingerprint density at radius 3 is 2.55 bits per heavy atom. The van der Waals surface area contributed by atoms with E-state index in [1.807, 2.05) is 30.3 Å². The highest BCUT2D eigenvalue weighted by Crippen LogP contribution is 2.14. The van der Waals surface area contributed by atoms with Gasteiger partial charge >= 0.3 is 5.97 Å². The second kappa shape index (κ2) is 8.85. The monoisotopic (exact) mass is 300 g/mol. The third-order valence-corrected chi connectivity index (χ3v) is 3.09. The molecule has 0 N–H and O–H groups in total. The summed E-state index contributed by atoms with van der Waals surface area (Å²) in [4.78, 5) is 12.0. The number of carbonyl (C=O) groups excluding carboxylic acids is 1. The molecule has 4 nitrogen and oxygen atoms in total. The molecule has 2 rings (SSSR count). The number of rotatable bonds is 8.